The standard InChI is InChI=1S/C60H44N2O2Se2/c1-59(2,3)41-29-45(61-43-17-9-11-19-49(43)63-51-27-39-33-15-7-13-21-53(33)65-55(39)31-47(51)61)37-26-24-36-42(60(4,5)6)30-46(38-25-23-35(41)57(37)58(36)38)62-44-18-10-12-20-50(44)64-52-28-40-34-16-8-14-22-54(34)66-56(40)32-48(52)62/h7-32H,1-6H3. The molecule has 0 atom stereocenters. The Labute approximate surface area is 395 Å². The first kappa shape index (κ1) is 38.7. The summed E-state index contributed by atoms with van der Waals surface area (Å²) in [7, 11) is 0. The summed E-state index contributed by atoms with van der Waals surface area (Å²) in [5.74, 6) is 3.51. The topological polar surface area (TPSA) is 24.9 Å². The third-order valence-electron chi connectivity index (χ3n) is 14.0. The Morgan fingerprint density at radius 2 is 0.712 bits per heavy atom. The van der Waals surface area contributed by atoms with E-state index < -0.39 is 0 Å². The monoisotopic (exact) mass is 984 g/mol. The van der Waals surface area contributed by atoms with Crippen LogP contribution in [-0.4, -0.2) is 29.0 Å². The van der Waals surface area contributed by atoms with Gasteiger partial charge in [0.2, 0.25) is 0 Å². The molecular formula is C60H44N2O2Se2. The van der Waals surface area contributed by atoms with Gasteiger partial charge >= 0.3 is 398 Å². The second-order valence-electron chi connectivity index (χ2n) is 20.1. The molecule has 14 rings (SSSR count). The Balaban J connectivity index is 1.10. The van der Waals surface area contributed by atoms with E-state index in [1.807, 2.05) is 0 Å². The van der Waals surface area contributed by atoms with Crippen molar-refractivity contribution in [2.45, 2.75) is 52.4 Å². The van der Waals surface area contributed by atoms with Crippen LogP contribution in [0.3, 0.4) is 0 Å². The molecular weight excluding hydrogens is 939 g/mol. The summed E-state index contributed by atoms with van der Waals surface area (Å²) < 4.78 is 19.4. The Morgan fingerprint density at radius 3 is 1.15 bits per heavy atom. The van der Waals surface area contributed by atoms with Crippen LogP contribution in [0.25, 0.3) is 70.9 Å². The van der Waals surface area contributed by atoms with Gasteiger partial charge in [0.25, 0.3) is 0 Å². The fourth-order valence-electron chi connectivity index (χ4n) is 11.0. The summed E-state index contributed by atoms with van der Waals surface area (Å²) in [6.07, 6.45) is 0. The van der Waals surface area contributed by atoms with E-state index in [2.05, 4.69) is 209 Å². The molecule has 2 aromatic heterocycles. The van der Waals surface area contributed by atoms with E-state index in [9.17, 15) is 0 Å². The van der Waals surface area contributed by atoms with Crippen LogP contribution in [0.4, 0.5) is 34.1 Å². The molecule has 0 N–H and O–H groups in total. The van der Waals surface area contributed by atoms with Crippen molar-refractivity contribution in [3.05, 3.63) is 169 Å². The van der Waals surface area contributed by atoms with Crippen LogP contribution >= 0.6 is 0 Å². The molecule has 0 fully saturated rings. The molecule has 10 aromatic carbocycles. The number of fused-ring (bicyclic) bond motifs is 10. The molecule has 0 unspecified atom stereocenters. The van der Waals surface area contributed by atoms with Crippen LogP contribution in [0.5, 0.6) is 23.0 Å². The maximum atomic E-state index is 6.88. The normalized spacial score (nSPS) is 13.8. The first-order chi connectivity index (χ1) is 32.0. The molecule has 2 aliphatic heterocycles. The van der Waals surface area contributed by atoms with Crippen LogP contribution in [0, 0.1) is 0 Å². The third-order valence-corrected chi connectivity index (χ3v) is 18.8. The summed E-state index contributed by atoms with van der Waals surface area (Å²) in [6.45, 7) is 14.2. The molecule has 66 heavy (non-hydrogen) atoms. The summed E-state index contributed by atoms with van der Waals surface area (Å²) in [5.41, 5.74) is 8.95. The number of rotatable bonds is 2. The zero-order valence-electron chi connectivity index (χ0n) is 37.5. The molecule has 6 heteroatoms. The maximum absolute atomic E-state index is 6.88. The van der Waals surface area contributed by atoms with Crippen molar-refractivity contribution < 1.29 is 9.47 Å². The molecule has 0 bridgehead atoms. The minimum absolute atomic E-state index is 0.161. The van der Waals surface area contributed by atoms with Gasteiger partial charge in [-0.2, -0.15) is 0 Å². The SMILES string of the molecule is CC(C)(C)c1cc(N2c3ccccc3Oc3cc4c(cc32)[se]c2ccccc24)c2ccc3c(C(C)(C)C)cc(N4c5ccccc5Oc5cc6c(cc54)[se]c4ccccc46)c4ccc1c2c43. The molecule has 12 aromatic rings. The van der Waals surface area contributed by atoms with E-state index in [1.165, 1.54) is 93.4 Å². The van der Waals surface area contributed by atoms with E-state index in [4.69, 9.17) is 9.47 Å². The van der Waals surface area contributed by atoms with Gasteiger partial charge in [-0.1, -0.05) is 0 Å². The molecule has 2 aliphatic rings. The van der Waals surface area contributed by atoms with Gasteiger partial charge in [0, 0.05) is 0 Å². The minimum atomic E-state index is -0.161. The van der Waals surface area contributed by atoms with Crippen LogP contribution in [-0.2, 0) is 10.8 Å². The van der Waals surface area contributed by atoms with Crippen LogP contribution in [0.2, 0.25) is 0 Å². The van der Waals surface area contributed by atoms with Crippen molar-refractivity contribution in [3.8, 4) is 23.0 Å². The van der Waals surface area contributed by atoms with Gasteiger partial charge in [0.15, 0.2) is 0 Å². The number of anilines is 6. The van der Waals surface area contributed by atoms with Gasteiger partial charge in [-0.15, -0.1) is 0 Å². The molecule has 0 saturated carbocycles. The fourth-order valence-corrected chi connectivity index (χ4v) is 15.7. The average Bonchev–Trinajstić information content (AvgIpc) is 3.86. The first-order valence-electron chi connectivity index (χ1n) is 22.8. The molecule has 4 heterocycles. The van der Waals surface area contributed by atoms with Crippen molar-refractivity contribution >= 4 is 134 Å². The first-order valence-corrected chi connectivity index (χ1v) is 26.2. The van der Waals surface area contributed by atoms with Crippen molar-refractivity contribution in [2.75, 3.05) is 9.80 Å². The Kier molecular flexibility index (Phi) is 7.94. The van der Waals surface area contributed by atoms with E-state index in [1.54, 1.807) is 0 Å². The summed E-state index contributed by atoms with van der Waals surface area (Å²) in [4.78, 5) is 5.02. The molecule has 0 amide bonds. The molecule has 0 saturated heterocycles. The molecule has 0 aliphatic carbocycles. The number of hydrogen-bond donors (Lipinski definition) is 0. The van der Waals surface area contributed by atoms with Crippen LogP contribution < -0.4 is 19.3 Å². The second kappa shape index (κ2) is 13.5. The van der Waals surface area contributed by atoms with Gasteiger partial charge in [-0.25, -0.2) is 0 Å². The van der Waals surface area contributed by atoms with Crippen molar-refractivity contribution in [1.29, 1.82) is 0 Å². The van der Waals surface area contributed by atoms with Gasteiger partial charge < -0.3 is 0 Å². The average molecular weight is 983 g/mol. The number of ether oxygens (including phenoxy) is 2. The molecule has 0 radical (unpaired) electrons. The van der Waals surface area contributed by atoms with Gasteiger partial charge in [-0.05, 0) is 0 Å². The summed E-state index contributed by atoms with van der Waals surface area (Å²) in [5, 5.41) is 12.9. The molecule has 4 nitrogen and oxygen atoms in total. The van der Waals surface area contributed by atoms with Crippen LogP contribution in [0.1, 0.15) is 52.7 Å². The van der Waals surface area contributed by atoms with Crippen molar-refractivity contribution in [2.24, 2.45) is 0 Å². The van der Waals surface area contributed by atoms with E-state index in [-0.39, 0.29) is 39.8 Å². The van der Waals surface area contributed by atoms with Gasteiger partial charge in [-0.3, -0.25) is 0 Å². The van der Waals surface area contributed by atoms with E-state index in [0.29, 0.717) is 0 Å². The van der Waals surface area contributed by atoms with Crippen molar-refractivity contribution in [3.63, 3.8) is 0 Å². The second-order valence-corrected chi connectivity index (χ2v) is 24.6. The zero-order valence-corrected chi connectivity index (χ0v) is 41.0. The van der Waals surface area contributed by atoms with E-state index >= 15 is 0 Å². The van der Waals surface area contributed by atoms with Gasteiger partial charge in [0.1, 0.15) is 0 Å². The summed E-state index contributed by atoms with van der Waals surface area (Å²) >= 11 is 0.398. The number of hydrogen-bond acceptors (Lipinski definition) is 4. The van der Waals surface area contributed by atoms with E-state index in [0.717, 1.165) is 45.7 Å². The van der Waals surface area contributed by atoms with Gasteiger partial charge in [0.05, 0.1) is 0 Å². The number of para-hydroxylation sites is 4. The van der Waals surface area contributed by atoms with Crippen LogP contribution in [0.15, 0.2) is 158 Å². The zero-order chi connectivity index (χ0) is 44.4. The molecule has 318 valence electrons. The predicted molar refractivity (Wildman–Crippen MR) is 281 cm³/mol. The fraction of sp³-hybridized carbons (Fsp3) is 0.133. The quantitative estimate of drug-likeness (QED) is 0.127. The Hall–Kier alpha value is -6.52. The number of nitrogens with zero attached hydrogens (tertiary/aromatic N) is 2. The van der Waals surface area contributed by atoms with Crippen molar-refractivity contribution in [1.82, 2.24) is 0 Å². The predicted octanol–water partition coefficient (Wildman–Crippen LogP) is 17.1. The Bertz CT molecular complexity index is 3790. The number of benzene rings is 10. The molecule has 0 spiro atoms. The summed E-state index contributed by atoms with van der Waals surface area (Å²) in [6, 6.07) is 59.0. The third kappa shape index (κ3) is 5.45. The Morgan fingerprint density at radius 1 is 0.318 bits per heavy atom.